The van der Waals surface area contributed by atoms with Crippen LogP contribution in [0.2, 0.25) is 0 Å². The van der Waals surface area contributed by atoms with Crippen molar-refractivity contribution in [2.45, 2.75) is 19.4 Å². The Morgan fingerprint density at radius 1 is 1.35 bits per heavy atom. The van der Waals surface area contributed by atoms with Gasteiger partial charge >= 0.3 is 0 Å². The predicted molar refractivity (Wildman–Crippen MR) is 99.8 cm³/mol. The van der Waals surface area contributed by atoms with Crippen molar-refractivity contribution in [3.63, 3.8) is 0 Å². The third-order valence-corrected chi connectivity index (χ3v) is 4.67. The minimum absolute atomic E-state index is 0. The van der Waals surface area contributed by atoms with E-state index in [0.29, 0.717) is 6.42 Å². The average Bonchev–Trinajstić information content (AvgIpc) is 2.97. The molecule has 1 aromatic carbocycles. The van der Waals surface area contributed by atoms with Gasteiger partial charge in [0.15, 0.2) is 0 Å². The van der Waals surface area contributed by atoms with E-state index in [1.165, 1.54) is 0 Å². The Morgan fingerprint density at radius 3 is 2.78 bits per heavy atom. The first-order chi connectivity index (χ1) is 10.2. The van der Waals surface area contributed by atoms with Gasteiger partial charge in [-0.1, -0.05) is 30.3 Å². The number of piperazine rings is 1. The van der Waals surface area contributed by atoms with Gasteiger partial charge in [0.2, 0.25) is 5.91 Å². The zero-order valence-corrected chi connectivity index (χ0v) is 15.3. The first-order valence-electron chi connectivity index (χ1n) is 7.24. The van der Waals surface area contributed by atoms with Gasteiger partial charge in [-0.05, 0) is 6.92 Å². The Balaban J connectivity index is 0.00000132. The maximum atomic E-state index is 12.4. The Kier molecular flexibility index (Phi) is 7.99. The van der Waals surface area contributed by atoms with Crippen LogP contribution in [0.15, 0.2) is 35.7 Å². The van der Waals surface area contributed by atoms with E-state index in [2.05, 4.69) is 17.2 Å². The van der Waals surface area contributed by atoms with Gasteiger partial charge in [0.05, 0.1) is 12.1 Å². The molecule has 1 N–H and O–H groups in total. The van der Waals surface area contributed by atoms with Crippen molar-refractivity contribution in [1.29, 1.82) is 0 Å². The van der Waals surface area contributed by atoms with Crippen LogP contribution in [-0.4, -0.2) is 41.5 Å². The smallest absolute Gasteiger partial charge is 0.228 e. The molecule has 2 heterocycles. The van der Waals surface area contributed by atoms with Crippen LogP contribution in [-0.2, 0) is 11.2 Å². The molecule has 1 amide bonds. The lowest BCUT2D eigenvalue weighted by atomic mass is 10.2. The highest BCUT2D eigenvalue weighted by atomic mass is 35.5. The Bertz CT molecular complexity index is 621. The summed E-state index contributed by atoms with van der Waals surface area (Å²) in [5.74, 6) is 0.175. The van der Waals surface area contributed by atoms with Crippen molar-refractivity contribution < 1.29 is 4.79 Å². The largest absolute Gasteiger partial charge is 0.337 e. The standard InChI is InChI=1S/C16H19N3OS.2ClH/c1-12-10-17-7-8-19(12)15(20)9-14-11-21-16(18-14)13-5-3-2-4-6-13;;/h2-6,11-12,17H,7-10H2,1H3;2*1H/t12-;;/m1../s1. The molecule has 1 aliphatic rings. The summed E-state index contributed by atoms with van der Waals surface area (Å²) in [4.78, 5) is 18.9. The lowest BCUT2D eigenvalue weighted by Crippen LogP contribution is -2.52. The number of nitrogens with one attached hydrogen (secondary N) is 1. The molecule has 3 rings (SSSR count). The van der Waals surface area contributed by atoms with E-state index in [9.17, 15) is 4.79 Å². The van der Waals surface area contributed by atoms with Crippen LogP contribution >= 0.6 is 36.2 Å². The van der Waals surface area contributed by atoms with E-state index in [1.54, 1.807) is 11.3 Å². The predicted octanol–water partition coefficient (Wildman–Crippen LogP) is 3.02. The van der Waals surface area contributed by atoms with Crippen LogP contribution in [0.25, 0.3) is 10.6 Å². The highest BCUT2D eigenvalue weighted by Gasteiger charge is 2.23. The zero-order chi connectivity index (χ0) is 14.7. The Labute approximate surface area is 153 Å². The molecular weight excluding hydrogens is 353 g/mol. The summed E-state index contributed by atoms with van der Waals surface area (Å²) >= 11 is 1.60. The van der Waals surface area contributed by atoms with Gasteiger partial charge in [-0.15, -0.1) is 36.2 Å². The van der Waals surface area contributed by atoms with Crippen LogP contribution in [0.4, 0.5) is 0 Å². The molecule has 0 radical (unpaired) electrons. The van der Waals surface area contributed by atoms with Crippen LogP contribution < -0.4 is 5.32 Å². The fourth-order valence-electron chi connectivity index (χ4n) is 2.57. The van der Waals surface area contributed by atoms with Crippen LogP contribution in [0.1, 0.15) is 12.6 Å². The van der Waals surface area contributed by atoms with Gasteiger partial charge < -0.3 is 10.2 Å². The quantitative estimate of drug-likeness (QED) is 0.898. The Morgan fingerprint density at radius 2 is 2.09 bits per heavy atom. The number of amides is 1. The second-order valence-electron chi connectivity index (χ2n) is 5.33. The van der Waals surface area contributed by atoms with Gasteiger partial charge in [-0.25, -0.2) is 4.98 Å². The van der Waals surface area contributed by atoms with Gasteiger partial charge in [0, 0.05) is 36.6 Å². The molecule has 0 aliphatic carbocycles. The van der Waals surface area contributed by atoms with Crippen molar-refractivity contribution >= 4 is 42.1 Å². The van der Waals surface area contributed by atoms with Crippen LogP contribution in [0, 0.1) is 0 Å². The van der Waals surface area contributed by atoms with Crippen molar-refractivity contribution in [1.82, 2.24) is 15.2 Å². The van der Waals surface area contributed by atoms with E-state index < -0.39 is 0 Å². The molecule has 0 spiro atoms. The van der Waals surface area contributed by atoms with Crippen molar-refractivity contribution in [2.75, 3.05) is 19.6 Å². The lowest BCUT2D eigenvalue weighted by molar-refractivity contribution is -0.133. The normalized spacial score (nSPS) is 17.1. The zero-order valence-electron chi connectivity index (χ0n) is 12.9. The second-order valence-corrected chi connectivity index (χ2v) is 6.19. The SMILES string of the molecule is C[C@@H]1CNCCN1C(=O)Cc1csc(-c2ccccc2)n1.Cl.Cl. The molecule has 7 heteroatoms. The maximum absolute atomic E-state index is 12.4. The first kappa shape index (κ1) is 19.9. The summed E-state index contributed by atoms with van der Waals surface area (Å²) in [5.41, 5.74) is 1.98. The maximum Gasteiger partial charge on any atom is 0.228 e. The Hall–Kier alpha value is -1.14. The summed E-state index contributed by atoms with van der Waals surface area (Å²) in [6, 6.07) is 10.4. The third-order valence-electron chi connectivity index (χ3n) is 3.73. The number of carbonyl (C=O) groups excluding carboxylic acids is 1. The number of halogens is 2. The molecule has 23 heavy (non-hydrogen) atoms. The summed E-state index contributed by atoms with van der Waals surface area (Å²) in [6.07, 6.45) is 0.397. The molecule has 0 saturated carbocycles. The van der Waals surface area contributed by atoms with Crippen molar-refractivity contribution in [3.05, 3.63) is 41.4 Å². The number of rotatable bonds is 3. The number of hydrogen-bond acceptors (Lipinski definition) is 4. The first-order valence-corrected chi connectivity index (χ1v) is 8.12. The highest BCUT2D eigenvalue weighted by molar-refractivity contribution is 7.13. The van der Waals surface area contributed by atoms with Crippen molar-refractivity contribution in [3.8, 4) is 10.6 Å². The third kappa shape index (κ3) is 4.91. The monoisotopic (exact) mass is 373 g/mol. The molecule has 1 atom stereocenters. The summed E-state index contributed by atoms with van der Waals surface area (Å²) in [5, 5.41) is 6.27. The van der Waals surface area contributed by atoms with Crippen LogP contribution in [0.5, 0.6) is 0 Å². The molecular formula is C16H21Cl2N3OS. The summed E-state index contributed by atoms with van der Waals surface area (Å²) < 4.78 is 0. The minimum atomic E-state index is 0. The molecule has 1 aromatic heterocycles. The number of hydrogen-bond donors (Lipinski definition) is 1. The summed E-state index contributed by atoms with van der Waals surface area (Å²) in [7, 11) is 0. The van der Waals surface area contributed by atoms with E-state index in [1.807, 2.05) is 40.6 Å². The lowest BCUT2D eigenvalue weighted by Gasteiger charge is -2.33. The van der Waals surface area contributed by atoms with Gasteiger partial charge in [-0.3, -0.25) is 4.79 Å². The number of carbonyl (C=O) groups is 1. The topological polar surface area (TPSA) is 45.2 Å². The van der Waals surface area contributed by atoms with E-state index in [4.69, 9.17) is 0 Å². The van der Waals surface area contributed by atoms with E-state index in [0.717, 1.165) is 35.9 Å². The number of thiazole rings is 1. The van der Waals surface area contributed by atoms with E-state index in [-0.39, 0.29) is 36.8 Å². The number of nitrogens with zero attached hydrogens (tertiary/aromatic N) is 2. The fourth-order valence-corrected chi connectivity index (χ4v) is 3.40. The summed E-state index contributed by atoms with van der Waals surface area (Å²) in [6.45, 7) is 4.62. The highest BCUT2D eigenvalue weighted by Crippen LogP contribution is 2.23. The van der Waals surface area contributed by atoms with Crippen LogP contribution in [0.3, 0.4) is 0 Å². The fraction of sp³-hybridized carbons (Fsp3) is 0.375. The molecule has 2 aromatic rings. The molecule has 1 fully saturated rings. The van der Waals surface area contributed by atoms with Gasteiger partial charge in [-0.2, -0.15) is 0 Å². The average molecular weight is 374 g/mol. The van der Waals surface area contributed by atoms with Crippen molar-refractivity contribution in [2.24, 2.45) is 0 Å². The number of benzene rings is 1. The minimum Gasteiger partial charge on any atom is -0.337 e. The molecule has 1 aliphatic heterocycles. The van der Waals surface area contributed by atoms with Gasteiger partial charge in [0.25, 0.3) is 0 Å². The molecule has 4 nitrogen and oxygen atoms in total. The molecule has 1 saturated heterocycles. The second kappa shape index (κ2) is 9.23. The molecule has 0 unspecified atom stereocenters. The molecule has 126 valence electrons. The number of aromatic nitrogens is 1. The molecule has 0 bridgehead atoms. The van der Waals surface area contributed by atoms with E-state index >= 15 is 0 Å². The van der Waals surface area contributed by atoms with Gasteiger partial charge in [0.1, 0.15) is 5.01 Å².